The Bertz CT molecular complexity index is 316. The number of terminal acetylenes is 1. The van der Waals surface area contributed by atoms with Crippen molar-refractivity contribution in [1.29, 1.82) is 0 Å². The lowest BCUT2D eigenvalue weighted by molar-refractivity contribution is 0.463. The Morgan fingerprint density at radius 2 is 2.29 bits per heavy atom. The van der Waals surface area contributed by atoms with Gasteiger partial charge in [0.05, 0.1) is 11.0 Å². The highest BCUT2D eigenvalue weighted by Crippen LogP contribution is 2.23. The van der Waals surface area contributed by atoms with Crippen molar-refractivity contribution in [1.82, 2.24) is 5.32 Å². The van der Waals surface area contributed by atoms with Crippen LogP contribution >= 0.6 is 0 Å². The van der Waals surface area contributed by atoms with Gasteiger partial charge in [-0.05, 0) is 19.9 Å². The van der Waals surface area contributed by atoms with Gasteiger partial charge in [-0.2, -0.15) is 0 Å². The molecule has 14 heavy (non-hydrogen) atoms. The van der Waals surface area contributed by atoms with Crippen LogP contribution in [0.15, 0.2) is 0 Å². The van der Waals surface area contributed by atoms with Gasteiger partial charge in [-0.1, -0.05) is 6.42 Å². The predicted octanol–water partition coefficient (Wildman–Crippen LogP) is 0.565. The first-order valence-corrected chi connectivity index (χ1v) is 6.65. The minimum absolute atomic E-state index is 0.0784. The first-order valence-electron chi connectivity index (χ1n) is 4.94. The van der Waals surface area contributed by atoms with Crippen molar-refractivity contribution in [3.8, 4) is 12.3 Å². The fourth-order valence-corrected chi connectivity index (χ4v) is 4.15. The lowest BCUT2D eigenvalue weighted by Crippen LogP contribution is -2.45. The highest BCUT2D eigenvalue weighted by Gasteiger charge is 2.34. The molecular weight excluding hydrogens is 198 g/mol. The van der Waals surface area contributed by atoms with Gasteiger partial charge < -0.3 is 5.32 Å². The molecule has 0 spiro atoms. The summed E-state index contributed by atoms with van der Waals surface area (Å²) in [5, 5.41) is 2.73. The Hall–Kier alpha value is -0.530. The predicted molar refractivity (Wildman–Crippen MR) is 57.7 cm³/mol. The topological polar surface area (TPSA) is 46.2 Å². The molecule has 0 saturated carbocycles. The summed E-state index contributed by atoms with van der Waals surface area (Å²) in [5.74, 6) is 2.85. The molecule has 3 nitrogen and oxygen atoms in total. The maximum atomic E-state index is 11.7. The van der Waals surface area contributed by atoms with Crippen molar-refractivity contribution < 1.29 is 8.42 Å². The Labute approximate surface area is 86.2 Å². The molecule has 2 atom stereocenters. The summed E-state index contributed by atoms with van der Waals surface area (Å²) in [6.45, 7) is 0. The van der Waals surface area contributed by atoms with Gasteiger partial charge in [0, 0.05) is 12.5 Å². The quantitative estimate of drug-likeness (QED) is 0.700. The Balaban J connectivity index is 2.78. The van der Waals surface area contributed by atoms with E-state index in [1.54, 1.807) is 7.05 Å². The summed E-state index contributed by atoms with van der Waals surface area (Å²) < 4.78 is 23.5. The Morgan fingerprint density at radius 3 is 2.79 bits per heavy atom. The monoisotopic (exact) mass is 215 g/mol. The normalized spacial score (nSPS) is 27.9. The minimum atomic E-state index is -2.92. The largest absolute Gasteiger partial charge is 0.315 e. The lowest BCUT2D eigenvalue weighted by Gasteiger charge is -2.28. The number of hydrogen-bond donors (Lipinski definition) is 1. The maximum absolute atomic E-state index is 11.7. The average Bonchev–Trinajstić information content (AvgIpc) is 2.14. The SMILES string of the molecule is C#CCC(NC)C1CCCCS1(=O)=O. The van der Waals surface area contributed by atoms with E-state index in [9.17, 15) is 8.42 Å². The van der Waals surface area contributed by atoms with E-state index in [1.807, 2.05) is 0 Å². The second-order valence-corrected chi connectivity index (χ2v) is 6.04. The molecular formula is C10H17NO2S. The maximum Gasteiger partial charge on any atom is 0.154 e. The van der Waals surface area contributed by atoms with Crippen LogP contribution in [0, 0.1) is 12.3 Å². The summed E-state index contributed by atoms with van der Waals surface area (Å²) in [7, 11) is -1.15. The molecule has 0 bridgehead atoms. The molecule has 0 aromatic carbocycles. The highest BCUT2D eigenvalue weighted by molar-refractivity contribution is 7.92. The molecule has 0 aliphatic carbocycles. The van der Waals surface area contributed by atoms with E-state index in [0.717, 1.165) is 19.3 Å². The fourth-order valence-electron chi connectivity index (χ4n) is 1.98. The molecule has 1 N–H and O–H groups in total. The number of sulfone groups is 1. The Morgan fingerprint density at radius 1 is 1.57 bits per heavy atom. The van der Waals surface area contributed by atoms with Crippen LogP contribution in [0.3, 0.4) is 0 Å². The van der Waals surface area contributed by atoms with Crippen molar-refractivity contribution in [2.24, 2.45) is 0 Å². The summed E-state index contributed by atoms with van der Waals surface area (Å²) in [5.41, 5.74) is 0. The third-order valence-electron chi connectivity index (χ3n) is 2.79. The van der Waals surface area contributed by atoms with Crippen LogP contribution in [0.2, 0.25) is 0 Å². The third kappa shape index (κ3) is 2.49. The van der Waals surface area contributed by atoms with Gasteiger partial charge in [-0.15, -0.1) is 12.3 Å². The molecule has 0 amide bonds. The molecule has 1 rings (SSSR count). The van der Waals surface area contributed by atoms with Crippen molar-refractivity contribution in [2.45, 2.75) is 37.0 Å². The van der Waals surface area contributed by atoms with E-state index < -0.39 is 9.84 Å². The Kier molecular flexibility index (Phi) is 3.97. The number of rotatable bonds is 3. The second kappa shape index (κ2) is 4.81. The summed E-state index contributed by atoms with van der Waals surface area (Å²) in [6, 6.07) is -0.0784. The highest BCUT2D eigenvalue weighted by atomic mass is 32.2. The molecule has 0 aromatic rings. The zero-order chi connectivity index (χ0) is 10.6. The molecule has 1 fully saturated rings. The molecule has 4 heteroatoms. The van der Waals surface area contributed by atoms with E-state index in [2.05, 4.69) is 11.2 Å². The molecule has 1 heterocycles. The molecule has 2 unspecified atom stereocenters. The summed E-state index contributed by atoms with van der Waals surface area (Å²) in [6.07, 6.45) is 8.24. The zero-order valence-corrected chi connectivity index (χ0v) is 9.31. The van der Waals surface area contributed by atoms with Gasteiger partial charge in [0.25, 0.3) is 0 Å². The van der Waals surface area contributed by atoms with Gasteiger partial charge in [0.15, 0.2) is 9.84 Å². The average molecular weight is 215 g/mol. The van der Waals surface area contributed by atoms with Crippen LogP contribution in [0.4, 0.5) is 0 Å². The van der Waals surface area contributed by atoms with Crippen LogP contribution in [0.5, 0.6) is 0 Å². The number of hydrogen-bond acceptors (Lipinski definition) is 3. The smallest absolute Gasteiger partial charge is 0.154 e. The van der Waals surface area contributed by atoms with Gasteiger partial charge in [-0.25, -0.2) is 8.42 Å². The fraction of sp³-hybridized carbons (Fsp3) is 0.800. The van der Waals surface area contributed by atoms with E-state index in [1.165, 1.54) is 0 Å². The zero-order valence-electron chi connectivity index (χ0n) is 8.49. The second-order valence-electron chi connectivity index (χ2n) is 3.70. The molecule has 0 aromatic heterocycles. The van der Waals surface area contributed by atoms with E-state index in [0.29, 0.717) is 12.2 Å². The van der Waals surface area contributed by atoms with Crippen molar-refractivity contribution in [2.75, 3.05) is 12.8 Å². The van der Waals surface area contributed by atoms with Gasteiger partial charge in [0.1, 0.15) is 0 Å². The van der Waals surface area contributed by atoms with Gasteiger partial charge >= 0.3 is 0 Å². The van der Waals surface area contributed by atoms with Crippen LogP contribution in [-0.2, 0) is 9.84 Å². The van der Waals surface area contributed by atoms with E-state index in [4.69, 9.17) is 6.42 Å². The van der Waals surface area contributed by atoms with E-state index in [-0.39, 0.29) is 11.3 Å². The molecule has 0 radical (unpaired) electrons. The molecule has 1 saturated heterocycles. The van der Waals surface area contributed by atoms with Crippen LogP contribution in [0.1, 0.15) is 25.7 Å². The van der Waals surface area contributed by atoms with Gasteiger partial charge in [-0.3, -0.25) is 0 Å². The minimum Gasteiger partial charge on any atom is -0.315 e. The summed E-state index contributed by atoms with van der Waals surface area (Å²) in [4.78, 5) is 0. The first kappa shape index (κ1) is 11.5. The van der Waals surface area contributed by atoms with Crippen LogP contribution < -0.4 is 5.32 Å². The first-order chi connectivity index (χ1) is 6.61. The lowest BCUT2D eigenvalue weighted by atomic mass is 10.0. The van der Waals surface area contributed by atoms with Crippen molar-refractivity contribution in [3.63, 3.8) is 0 Å². The van der Waals surface area contributed by atoms with E-state index >= 15 is 0 Å². The van der Waals surface area contributed by atoms with Crippen molar-refractivity contribution in [3.05, 3.63) is 0 Å². The van der Waals surface area contributed by atoms with Crippen molar-refractivity contribution >= 4 is 9.84 Å². The third-order valence-corrected chi connectivity index (χ3v) is 5.13. The van der Waals surface area contributed by atoms with Gasteiger partial charge in [0.2, 0.25) is 0 Å². The molecule has 1 aliphatic heterocycles. The summed E-state index contributed by atoms with van der Waals surface area (Å²) >= 11 is 0. The molecule has 1 aliphatic rings. The standard InChI is InChI=1S/C10H17NO2S/c1-3-6-9(11-2)10-7-4-5-8-14(10,12)13/h1,9-11H,4-8H2,2H3. The van der Waals surface area contributed by atoms with Crippen LogP contribution in [-0.4, -0.2) is 32.5 Å². The molecule has 80 valence electrons. The number of nitrogens with one attached hydrogen (secondary N) is 1. The van der Waals surface area contributed by atoms with Crippen LogP contribution in [0.25, 0.3) is 0 Å².